The van der Waals surface area contributed by atoms with Crippen LogP contribution >= 0.6 is 27.5 Å². The molecule has 1 aromatic carbocycles. The smallest absolute Gasteiger partial charge is 0.323 e. The van der Waals surface area contributed by atoms with Crippen LogP contribution in [0.5, 0.6) is 0 Å². The molecule has 0 unspecified atom stereocenters. The summed E-state index contributed by atoms with van der Waals surface area (Å²) < 4.78 is 0.598. The molecule has 6 heteroatoms. The van der Waals surface area contributed by atoms with Gasteiger partial charge in [0.2, 0.25) is 0 Å². The van der Waals surface area contributed by atoms with Crippen molar-refractivity contribution in [1.29, 1.82) is 0 Å². The highest BCUT2D eigenvalue weighted by Gasteiger charge is 2.21. The molecule has 19 heavy (non-hydrogen) atoms. The molecule has 0 aliphatic rings. The van der Waals surface area contributed by atoms with Gasteiger partial charge in [-0.05, 0) is 40.0 Å². The Bertz CT molecular complexity index is 491. The number of aliphatic carboxylic acids is 1. The fraction of sp³-hybridized carbons (Fsp3) is 0.385. The van der Waals surface area contributed by atoms with Gasteiger partial charge in [-0.2, -0.15) is 0 Å². The first-order valence-electron chi connectivity index (χ1n) is 5.77. The number of carboxylic acid groups (broad SMARTS) is 1. The Kier molecular flexibility index (Phi) is 5.82. The molecule has 0 aromatic heterocycles. The lowest BCUT2D eigenvalue weighted by molar-refractivity contribution is -0.137. The molecule has 4 nitrogen and oxygen atoms in total. The predicted molar refractivity (Wildman–Crippen MR) is 77.5 cm³/mol. The number of carboxylic acids is 1. The van der Waals surface area contributed by atoms with Crippen LogP contribution in [0.2, 0.25) is 5.02 Å². The molecule has 1 rings (SSSR count). The molecule has 0 fully saturated rings. The van der Waals surface area contributed by atoms with Crippen molar-refractivity contribution in [3.05, 3.63) is 33.3 Å². The topological polar surface area (TPSA) is 57.6 Å². The van der Waals surface area contributed by atoms with Gasteiger partial charge in [-0.3, -0.25) is 9.59 Å². The van der Waals surface area contributed by atoms with Crippen molar-refractivity contribution >= 4 is 39.4 Å². The van der Waals surface area contributed by atoms with Gasteiger partial charge in [0.25, 0.3) is 5.91 Å². The number of carbonyl (C=O) groups excluding carboxylic acids is 1. The van der Waals surface area contributed by atoms with E-state index in [1.807, 2.05) is 13.8 Å². The van der Waals surface area contributed by atoms with E-state index in [1.54, 1.807) is 12.1 Å². The van der Waals surface area contributed by atoms with E-state index in [4.69, 9.17) is 16.7 Å². The van der Waals surface area contributed by atoms with Gasteiger partial charge < -0.3 is 10.0 Å². The summed E-state index contributed by atoms with van der Waals surface area (Å²) in [5, 5.41) is 9.32. The standard InChI is InChI=1S/C13H15BrClNO3/c1-8(2)6-16(7-12(17)18)13(19)10-5-9(15)3-4-11(10)14/h3-5,8H,6-7H2,1-2H3,(H,17,18). The van der Waals surface area contributed by atoms with Crippen molar-refractivity contribution in [3.8, 4) is 0 Å². The Morgan fingerprint density at radius 1 is 1.42 bits per heavy atom. The lowest BCUT2D eigenvalue weighted by atomic mass is 10.1. The van der Waals surface area contributed by atoms with Gasteiger partial charge in [0.05, 0.1) is 5.56 Å². The van der Waals surface area contributed by atoms with E-state index in [1.165, 1.54) is 11.0 Å². The quantitative estimate of drug-likeness (QED) is 0.888. The highest BCUT2D eigenvalue weighted by atomic mass is 79.9. The number of nitrogens with zero attached hydrogens (tertiary/aromatic N) is 1. The molecule has 0 saturated heterocycles. The van der Waals surface area contributed by atoms with Crippen molar-refractivity contribution in [2.45, 2.75) is 13.8 Å². The Hall–Kier alpha value is -1.07. The number of amides is 1. The minimum atomic E-state index is -1.04. The number of rotatable bonds is 5. The van der Waals surface area contributed by atoms with Gasteiger partial charge in [-0.15, -0.1) is 0 Å². The van der Waals surface area contributed by atoms with E-state index in [0.29, 0.717) is 21.6 Å². The maximum Gasteiger partial charge on any atom is 0.323 e. The van der Waals surface area contributed by atoms with Gasteiger partial charge in [-0.1, -0.05) is 25.4 Å². The summed E-state index contributed by atoms with van der Waals surface area (Å²) >= 11 is 9.15. The molecule has 0 aliphatic carbocycles. The fourth-order valence-electron chi connectivity index (χ4n) is 1.66. The minimum absolute atomic E-state index is 0.182. The third kappa shape index (κ3) is 4.84. The molecule has 1 aromatic rings. The predicted octanol–water partition coefficient (Wildman–Crippen LogP) is 3.29. The molecular weight excluding hydrogens is 334 g/mol. The molecule has 0 atom stereocenters. The second-order valence-electron chi connectivity index (χ2n) is 4.60. The van der Waals surface area contributed by atoms with E-state index >= 15 is 0 Å². The molecule has 0 spiro atoms. The van der Waals surface area contributed by atoms with Crippen LogP contribution in [-0.2, 0) is 4.79 Å². The Morgan fingerprint density at radius 2 is 2.05 bits per heavy atom. The zero-order chi connectivity index (χ0) is 14.6. The van der Waals surface area contributed by atoms with Crippen LogP contribution < -0.4 is 0 Å². The Balaban J connectivity index is 3.03. The van der Waals surface area contributed by atoms with Gasteiger partial charge >= 0.3 is 5.97 Å². The zero-order valence-electron chi connectivity index (χ0n) is 10.7. The van der Waals surface area contributed by atoms with Crippen LogP contribution in [0.25, 0.3) is 0 Å². The van der Waals surface area contributed by atoms with E-state index in [9.17, 15) is 9.59 Å². The van der Waals surface area contributed by atoms with E-state index in [0.717, 1.165) is 0 Å². The average Bonchev–Trinajstić information content (AvgIpc) is 2.29. The van der Waals surface area contributed by atoms with Gasteiger partial charge in [0.15, 0.2) is 0 Å². The monoisotopic (exact) mass is 347 g/mol. The number of benzene rings is 1. The van der Waals surface area contributed by atoms with Crippen molar-refractivity contribution < 1.29 is 14.7 Å². The highest BCUT2D eigenvalue weighted by molar-refractivity contribution is 9.10. The summed E-state index contributed by atoms with van der Waals surface area (Å²) in [5.41, 5.74) is 0.370. The second-order valence-corrected chi connectivity index (χ2v) is 5.89. The fourth-order valence-corrected chi connectivity index (χ4v) is 2.24. The Labute approximate surface area is 125 Å². The third-order valence-electron chi connectivity index (χ3n) is 2.36. The Morgan fingerprint density at radius 3 is 2.58 bits per heavy atom. The van der Waals surface area contributed by atoms with Gasteiger partial charge in [0, 0.05) is 16.0 Å². The molecule has 1 N–H and O–H groups in total. The first-order valence-corrected chi connectivity index (χ1v) is 6.94. The normalized spacial score (nSPS) is 10.6. The first-order chi connectivity index (χ1) is 8.81. The van der Waals surface area contributed by atoms with Crippen molar-refractivity contribution in [1.82, 2.24) is 4.90 Å². The van der Waals surface area contributed by atoms with E-state index in [2.05, 4.69) is 15.9 Å². The lowest BCUT2D eigenvalue weighted by Crippen LogP contribution is -2.38. The van der Waals surface area contributed by atoms with Crippen LogP contribution in [0.3, 0.4) is 0 Å². The number of carbonyl (C=O) groups is 2. The summed E-state index contributed by atoms with van der Waals surface area (Å²) in [6.07, 6.45) is 0. The summed E-state index contributed by atoms with van der Waals surface area (Å²) in [4.78, 5) is 24.5. The van der Waals surface area contributed by atoms with E-state index in [-0.39, 0.29) is 18.4 Å². The SMILES string of the molecule is CC(C)CN(CC(=O)O)C(=O)c1cc(Cl)ccc1Br. The van der Waals surface area contributed by atoms with Crippen LogP contribution in [0.4, 0.5) is 0 Å². The molecular formula is C13H15BrClNO3. The number of halogens is 2. The molecule has 0 radical (unpaired) electrons. The summed E-state index contributed by atoms with van der Waals surface area (Å²) in [6.45, 7) is 3.91. The molecule has 0 saturated carbocycles. The average molecular weight is 349 g/mol. The highest BCUT2D eigenvalue weighted by Crippen LogP contribution is 2.23. The van der Waals surface area contributed by atoms with Gasteiger partial charge in [-0.25, -0.2) is 0 Å². The molecule has 0 bridgehead atoms. The van der Waals surface area contributed by atoms with Crippen LogP contribution in [0.1, 0.15) is 24.2 Å². The van der Waals surface area contributed by atoms with Crippen molar-refractivity contribution in [2.24, 2.45) is 5.92 Å². The lowest BCUT2D eigenvalue weighted by Gasteiger charge is -2.23. The molecule has 0 aliphatic heterocycles. The van der Waals surface area contributed by atoms with Crippen LogP contribution in [0, 0.1) is 5.92 Å². The maximum absolute atomic E-state index is 12.4. The van der Waals surface area contributed by atoms with Crippen LogP contribution in [0.15, 0.2) is 22.7 Å². The third-order valence-corrected chi connectivity index (χ3v) is 3.28. The number of hydrogen-bond acceptors (Lipinski definition) is 2. The largest absolute Gasteiger partial charge is 0.480 e. The second kappa shape index (κ2) is 6.91. The van der Waals surface area contributed by atoms with Crippen LogP contribution in [-0.4, -0.2) is 35.0 Å². The number of hydrogen-bond donors (Lipinski definition) is 1. The maximum atomic E-state index is 12.4. The first kappa shape index (κ1) is 16.0. The zero-order valence-corrected chi connectivity index (χ0v) is 13.0. The van der Waals surface area contributed by atoms with Crippen molar-refractivity contribution in [3.63, 3.8) is 0 Å². The molecule has 104 valence electrons. The van der Waals surface area contributed by atoms with Gasteiger partial charge in [0.1, 0.15) is 6.54 Å². The molecule has 0 heterocycles. The van der Waals surface area contributed by atoms with E-state index < -0.39 is 5.97 Å². The minimum Gasteiger partial charge on any atom is -0.480 e. The van der Waals surface area contributed by atoms with Crippen molar-refractivity contribution in [2.75, 3.05) is 13.1 Å². The summed E-state index contributed by atoms with van der Waals surface area (Å²) in [7, 11) is 0. The summed E-state index contributed by atoms with van der Waals surface area (Å²) in [6, 6.07) is 4.86. The summed E-state index contributed by atoms with van der Waals surface area (Å²) in [5.74, 6) is -1.20. The molecule has 1 amide bonds.